The van der Waals surface area contributed by atoms with Crippen molar-refractivity contribution in [3.05, 3.63) is 12.2 Å². The zero-order valence-electron chi connectivity index (χ0n) is 16.2. The molecule has 3 atom stereocenters. The van der Waals surface area contributed by atoms with E-state index in [4.69, 9.17) is 4.74 Å². The first-order valence-electron chi connectivity index (χ1n) is 9.06. The Labute approximate surface area is 154 Å². The number of urea groups is 1. The van der Waals surface area contributed by atoms with E-state index in [1.165, 1.54) is 0 Å². The monoisotopic (exact) mass is 366 g/mol. The second-order valence-corrected chi connectivity index (χ2v) is 7.78. The highest BCUT2D eigenvalue weighted by molar-refractivity contribution is 5.75. The van der Waals surface area contributed by atoms with E-state index in [9.17, 15) is 9.59 Å². The van der Waals surface area contributed by atoms with Crippen LogP contribution in [0.4, 0.5) is 9.59 Å². The van der Waals surface area contributed by atoms with Crippen LogP contribution in [0, 0.1) is 0 Å². The van der Waals surface area contributed by atoms with E-state index in [0.717, 1.165) is 25.7 Å². The Balaban J connectivity index is 1.89. The first kappa shape index (κ1) is 20.0. The molecule has 1 aliphatic rings. The van der Waals surface area contributed by atoms with Crippen molar-refractivity contribution in [3.8, 4) is 0 Å². The Hall–Kier alpha value is -2.32. The van der Waals surface area contributed by atoms with Gasteiger partial charge in [0.1, 0.15) is 11.9 Å². The molecular formula is C17H30N6O3. The van der Waals surface area contributed by atoms with Crippen molar-refractivity contribution in [2.75, 3.05) is 0 Å². The van der Waals surface area contributed by atoms with E-state index in [1.54, 1.807) is 10.9 Å². The largest absolute Gasteiger partial charge is 0.444 e. The molecule has 0 spiro atoms. The average Bonchev–Trinajstić information content (AvgIpc) is 2.93. The maximum atomic E-state index is 12.4. The van der Waals surface area contributed by atoms with Gasteiger partial charge in [-0.15, -0.1) is 10.2 Å². The van der Waals surface area contributed by atoms with Gasteiger partial charge in [-0.25, -0.2) is 9.59 Å². The Morgan fingerprint density at radius 2 is 1.85 bits per heavy atom. The number of carbonyl (C=O) groups is 2. The fourth-order valence-electron chi connectivity index (χ4n) is 3.09. The molecule has 2 rings (SSSR count). The Morgan fingerprint density at radius 3 is 2.38 bits per heavy atom. The van der Waals surface area contributed by atoms with Gasteiger partial charge in [0, 0.05) is 7.05 Å². The van der Waals surface area contributed by atoms with Crippen LogP contribution in [0.5, 0.6) is 0 Å². The van der Waals surface area contributed by atoms with Gasteiger partial charge in [0.05, 0.1) is 18.1 Å². The van der Waals surface area contributed by atoms with E-state index < -0.39 is 11.7 Å². The van der Waals surface area contributed by atoms with Gasteiger partial charge >= 0.3 is 12.1 Å². The normalized spacial score (nSPS) is 21.6. The molecule has 3 N–H and O–H groups in total. The number of hydrogen-bond donors (Lipinski definition) is 3. The predicted octanol–water partition coefficient (Wildman–Crippen LogP) is 2.01. The van der Waals surface area contributed by atoms with E-state index in [1.807, 2.05) is 34.7 Å². The molecule has 0 unspecified atom stereocenters. The lowest BCUT2D eigenvalue weighted by molar-refractivity contribution is 0.0480. The highest BCUT2D eigenvalue weighted by atomic mass is 16.6. The number of aryl methyl sites for hydroxylation is 1. The van der Waals surface area contributed by atoms with Crippen LogP contribution in [0.2, 0.25) is 0 Å². The lowest BCUT2D eigenvalue weighted by Crippen LogP contribution is -2.55. The molecule has 146 valence electrons. The number of nitrogens with one attached hydrogen (secondary N) is 3. The second-order valence-electron chi connectivity index (χ2n) is 7.78. The Bertz CT molecular complexity index is 624. The average molecular weight is 366 g/mol. The molecule has 1 aromatic rings. The predicted molar refractivity (Wildman–Crippen MR) is 96.5 cm³/mol. The van der Waals surface area contributed by atoms with Crippen molar-refractivity contribution in [2.45, 2.75) is 77.1 Å². The molecule has 1 fully saturated rings. The minimum Gasteiger partial charge on any atom is -0.444 e. The van der Waals surface area contributed by atoms with Crippen LogP contribution in [0.25, 0.3) is 0 Å². The van der Waals surface area contributed by atoms with Crippen LogP contribution >= 0.6 is 0 Å². The fraction of sp³-hybridized carbons (Fsp3) is 0.765. The molecule has 0 aromatic carbocycles. The first-order chi connectivity index (χ1) is 12.2. The molecule has 1 saturated carbocycles. The number of nitrogens with zero attached hydrogens (tertiary/aromatic N) is 3. The molecule has 9 nitrogen and oxygen atoms in total. The maximum Gasteiger partial charge on any atom is 0.407 e. The minimum absolute atomic E-state index is 0.136. The number of ether oxygens (including phenoxy) is 1. The zero-order valence-corrected chi connectivity index (χ0v) is 16.2. The van der Waals surface area contributed by atoms with Crippen LogP contribution in [-0.4, -0.2) is 44.6 Å². The number of alkyl carbamates (subject to hydrolysis) is 1. The van der Waals surface area contributed by atoms with E-state index in [-0.39, 0.29) is 24.2 Å². The lowest BCUT2D eigenvalue weighted by atomic mass is 9.90. The summed E-state index contributed by atoms with van der Waals surface area (Å²) in [5.41, 5.74) is -0.551. The summed E-state index contributed by atoms with van der Waals surface area (Å²) in [4.78, 5) is 24.4. The summed E-state index contributed by atoms with van der Waals surface area (Å²) in [6.07, 6.45) is 4.78. The van der Waals surface area contributed by atoms with E-state index >= 15 is 0 Å². The quantitative estimate of drug-likeness (QED) is 0.755. The number of rotatable bonds is 4. The second kappa shape index (κ2) is 8.37. The number of carbonyl (C=O) groups excluding carboxylic acids is 2. The molecule has 0 radical (unpaired) electrons. The van der Waals surface area contributed by atoms with E-state index in [0.29, 0.717) is 5.82 Å². The number of hydrogen-bond acceptors (Lipinski definition) is 5. The SMILES string of the molecule is C[C@@H](NC(=O)N[C@@H]1CCCC[C@H]1NC(=O)OC(C)(C)C)c1nncn1C. The topological polar surface area (TPSA) is 110 Å². The van der Waals surface area contributed by atoms with Crippen molar-refractivity contribution >= 4 is 12.1 Å². The van der Waals surface area contributed by atoms with Crippen molar-refractivity contribution < 1.29 is 14.3 Å². The molecule has 26 heavy (non-hydrogen) atoms. The highest BCUT2D eigenvalue weighted by Crippen LogP contribution is 2.19. The third-order valence-corrected chi connectivity index (χ3v) is 4.27. The molecule has 0 aliphatic heterocycles. The van der Waals surface area contributed by atoms with Gasteiger partial charge in [-0.3, -0.25) is 0 Å². The molecule has 1 aliphatic carbocycles. The molecule has 3 amide bonds. The Kier molecular flexibility index (Phi) is 6.44. The first-order valence-corrected chi connectivity index (χ1v) is 9.06. The van der Waals surface area contributed by atoms with Crippen molar-refractivity contribution in [2.24, 2.45) is 7.05 Å². The van der Waals surface area contributed by atoms with Crippen molar-refractivity contribution in [3.63, 3.8) is 0 Å². The summed E-state index contributed by atoms with van der Waals surface area (Å²) in [6, 6.07) is -0.843. The van der Waals surface area contributed by atoms with Gasteiger partial charge < -0.3 is 25.3 Å². The molecule has 1 heterocycles. The summed E-state index contributed by atoms with van der Waals surface area (Å²) in [5, 5.41) is 16.5. The smallest absolute Gasteiger partial charge is 0.407 e. The highest BCUT2D eigenvalue weighted by Gasteiger charge is 2.30. The lowest BCUT2D eigenvalue weighted by Gasteiger charge is -2.33. The van der Waals surface area contributed by atoms with Crippen LogP contribution in [0.15, 0.2) is 6.33 Å². The summed E-state index contributed by atoms with van der Waals surface area (Å²) in [7, 11) is 1.83. The molecule has 9 heteroatoms. The van der Waals surface area contributed by atoms with Gasteiger partial charge in [-0.05, 0) is 40.5 Å². The molecule has 0 saturated heterocycles. The third kappa shape index (κ3) is 5.89. The van der Waals surface area contributed by atoms with Gasteiger partial charge in [-0.1, -0.05) is 12.8 Å². The van der Waals surface area contributed by atoms with Gasteiger partial charge in [0.2, 0.25) is 0 Å². The minimum atomic E-state index is -0.551. The van der Waals surface area contributed by atoms with Crippen molar-refractivity contribution in [1.29, 1.82) is 0 Å². The van der Waals surface area contributed by atoms with Crippen LogP contribution in [0.1, 0.15) is 65.2 Å². The van der Waals surface area contributed by atoms with Crippen LogP contribution in [-0.2, 0) is 11.8 Å². The van der Waals surface area contributed by atoms with Gasteiger partial charge in [-0.2, -0.15) is 0 Å². The van der Waals surface area contributed by atoms with E-state index in [2.05, 4.69) is 26.1 Å². The summed E-state index contributed by atoms with van der Waals surface area (Å²) < 4.78 is 7.09. The van der Waals surface area contributed by atoms with Crippen LogP contribution < -0.4 is 16.0 Å². The summed E-state index contributed by atoms with van der Waals surface area (Å²) >= 11 is 0. The third-order valence-electron chi connectivity index (χ3n) is 4.27. The summed E-state index contributed by atoms with van der Waals surface area (Å²) in [6.45, 7) is 7.32. The Morgan fingerprint density at radius 1 is 1.23 bits per heavy atom. The number of amides is 3. The van der Waals surface area contributed by atoms with Crippen LogP contribution in [0.3, 0.4) is 0 Å². The van der Waals surface area contributed by atoms with Gasteiger partial charge in [0.15, 0.2) is 5.82 Å². The van der Waals surface area contributed by atoms with Crippen molar-refractivity contribution in [1.82, 2.24) is 30.7 Å². The summed E-state index contributed by atoms with van der Waals surface area (Å²) in [5.74, 6) is 0.673. The number of aromatic nitrogens is 3. The fourth-order valence-corrected chi connectivity index (χ4v) is 3.09. The molecule has 0 bridgehead atoms. The maximum absolute atomic E-state index is 12.4. The standard InChI is InChI=1S/C17H30N6O3/c1-11(14-22-18-10-23(14)5)19-15(24)20-12-8-6-7-9-13(12)21-16(25)26-17(2,3)4/h10-13H,6-9H2,1-5H3,(H,21,25)(H2,19,20,24)/t11-,12-,13-/m1/s1. The molecule has 1 aromatic heterocycles. The molecular weight excluding hydrogens is 336 g/mol. The zero-order chi connectivity index (χ0) is 19.3. The van der Waals surface area contributed by atoms with Gasteiger partial charge in [0.25, 0.3) is 0 Å².